The van der Waals surface area contributed by atoms with Gasteiger partial charge >= 0.3 is 6.03 Å². The standard InChI is InChI=1S/C20H14Cl2N4O2S/c21-12-1-4-17(16(22)8-12)24-20(28)23-13-2-3-14-15(9-13)19(27)26-25-18(14)7-11-5-6-29-10-11/h1-6,8-10H,7H2,(H,26,27)(H2,23,24,28). The fraction of sp³-hybridized carbons (Fsp3) is 0.0500. The van der Waals surface area contributed by atoms with Crippen LogP contribution in [0.5, 0.6) is 0 Å². The van der Waals surface area contributed by atoms with Crippen molar-refractivity contribution in [3.8, 4) is 0 Å². The van der Waals surface area contributed by atoms with E-state index in [0.717, 1.165) is 16.6 Å². The second kappa shape index (κ2) is 8.24. The fourth-order valence-electron chi connectivity index (χ4n) is 2.90. The lowest BCUT2D eigenvalue weighted by Gasteiger charge is -2.10. The number of rotatable bonds is 4. The molecule has 29 heavy (non-hydrogen) atoms. The maximum atomic E-state index is 12.3. The van der Waals surface area contributed by atoms with Crippen molar-refractivity contribution in [1.82, 2.24) is 10.2 Å². The zero-order valence-electron chi connectivity index (χ0n) is 14.8. The van der Waals surface area contributed by atoms with Gasteiger partial charge in [-0.25, -0.2) is 9.89 Å². The summed E-state index contributed by atoms with van der Waals surface area (Å²) in [6.07, 6.45) is 0.610. The minimum Gasteiger partial charge on any atom is -0.308 e. The molecule has 0 radical (unpaired) electrons. The van der Waals surface area contributed by atoms with E-state index in [1.807, 2.05) is 16.8 Å². The Hall–Kier alpha value is -2.87. The van der Waals surface area contributed by atoms with Crippen LogP contribution >= 0.6 is 34.5 Å². The van der Waals surface area contributed by atoms with Crippen molar-refractivity contribution in [3.05, 3.63) is 84.9 Å². The van der Waals surface area contributed by atoms with Crippen molar-refractivity contribution >= 4 is 62.7 Å². The Morgan fingerprint density at radius 2 is 1.93 bits per heavy atom. The number of carbonyl (C=O) groups is 1. The van der Waals surface area contributed by atoms with Crippen LogP contribution in [0.4, 0.5) is 16.2 Å². The summed E-state index contributed by atoms with van der Waals surface area (Å²) in [5.74, 6) is 0. The third kappa shape index (κ3) is 4.42. The van der Waals surface area contributed by atoms with Gasteiger partial charge in [0.2, 0.25) is 0 Å². The maximum absolute atomic E-state index is 12.3. The first kappa shape index (κ1) is 19.4. The molecule has 0 aliphatic carbocycles. The number of thiophene rings is 1. The van der Waals surface area contributed by atoms with Gasteiger partial charge in [-0.15, -0.1) is 0 Å². The van der Waals surface area contributed by atoms with E-state index in [4.69, 9.17) is 23.2 Å². The lowest BCUT2D eigenvalue weighted by molar-refractivity contribution is 0.262. The van der Waals surface area contributed by atoms with Gasteiger partial charge in [0.25, 0.3) is 5.56 Å². The van der Waals surface area contributed by atoms with Crippen LogP contribution in [-0.2, 0) is 6.42 Å². The van der Waals surface area contributed by atoms with Crippen LogP contribution < -0.4 is 16.2 Å². The average Bonchev–Trinajstić information content (AvgIpc) is 3.20. The highest BCUT2D eigenvalue weighted by atomic mass is 35.5. The van der Waals surface area contributed by atoms with E-state index >= 15 is 0 Å². The molecular formula is C20H14Cl2N4O2S. The zero-order chi connectivity index (χ0) is 20.4. The Morgan fingerprint density at radius 1 is 1.07 bits per heavy atom. The normalized spacial score (nSPS) is 10.8. The molecule has 2 heterocycles. The smallest absolute Gasteiger partial charge is 0.308 e. The SMILES string of the molecule is O=C(Nc1ccc2c(Cc3ccsc3)n[nH]c(=O)c2c1)Nc1ccc(Cl)cc1Cl. The Labute approximate surface area is 179 Å². The summed E-state index contributed by atoms with van der Waals surface area (Å²) < 4.78 is 0. The highest BCUT2D eigenvalue weighted by Gasteiger charge is 2.11. The van der Waals surface area contributed by atoms with E-state index in [-0.39, 0.29) is 5.56 Å². The maximum Gasteiger partial charge on any atom is 0.323 e. The van der Waals surface area contributed by atoms with E-state index in [1.54, 1.807) is 41.7 Å². The number of amides is 2. The molecule has 0 spiro atoms. The number of urea groups is 1. The number of halogens is 2. The Bertz CT molecular complexity index is 1260. The third-order valence-electron chi connectivity index (χ3n) is 4.26. The second-order valence-electron chi connectivity index (χ2n) is 6.27. The summed E-state index contributed by atoms with van der Waals surface area (Å²) in [5, 5.41) is 18.1. The van der Waals surface area contributed by atoms with Crippen LogP contribution in [0.2, 0.25) is 10.0 Å². The Balaban J connectivity index is 1.57. The molecule has 2 aromatic heterocycles. The number of fused-ring (bicyclic) bond motifs is 1. The highest BCUT2D eigenvalue weighted by molar-refractivity contribution is 7.07. The monoisotopic (exact) mass is 444 g/mol. The molecule has 0 bridgehead atoms. The predicted octanol–water partition coefficient (Wildman–Crippen LogP) is 5.53. The van der Waals surface area contributed by atoms with Crippen LogP contribution in [-0.4, -0.2) is 16.2 Å². The minimum absolute atomic E-state index is 0.320. The molecule has 2 amide bonds. The number of H-pyrrole nitrogens is 1. The van der Waals surface area contributed by atoms with Crippen molar-refractivity contribution in [2.24, 2.45) is 0 Å². The van der Waals surface area contributed by atoms with E-state index < -0.39 is 6.03 Å². The van der Waals surface area contributed by atoms with Crippen LogP contribution in [0.1, 0.15) is 11.3 Å². The van der Waals surface area contributed by atoms with Crippen molar-refractivity contribution in [3.63, 3.8) is 0 Å². The Morgan fingerprint density at radius 3 is 2.69 bits per heavy atom. The molecule has 0 fully saturated rings. The number of benzene rings is 2. The molecule has 3 N–H and O–H groups in total. The molecule has 6 nitrogen and oxygen atoms in total. The third-order valence-corrected chi connectivity index (χ3v) is 5.54. The molecule has 2 aromatic carbocycles. The summed E-state index contributed by atoms with van der Waals surface area (Å²) in [5.41, 5.74) is 2.46. The molecule has 0 unspecified atom stereocenters. The topological polar surface area (TPSA) is 86.9 Å². The summed E-state index contributed by atoms with van der Waals surface area (Å²) in [4.78, 5) is 24.6. The number of nitrogens with zero attached hydrogens (tertiary/aromatic N) is 1. The molecule has 4 rings (SSSR count). The summed E-state index contributed by atoms with van der Waals surface area (Å²) in [6, 6.07) is 11.4. The van der Waals surface area contributed by atoms with E-state index in [9.17, 15) is 9.59 Å². The molecule has 4 aromatic rings. The molecular weight excluding hydrogens is 431 g/mol. The van der Waals surface area contributed by atoms with Gasteiger partial charge in [-0.1, -0.05) is 29.3 Å². The van der Waals surface area contributed by atoms with Gasteiger partial charge in [0.15, 0.2) is 0 Å². The predicted molar refractivity (Wildman–Crippen MR) is 119 cm³/mol. The van der Waals surface area contributed by atoms with E-state index in [0.29, 0.717) is 33.2 Å². The summed E-state index contributed by atoms with van der Waals surface area (Å²) in [6.45, 7) is 0. The molecule has 0 aliphatic heterocycles. The molecule has 0 atom stereocenters. The van der Waals surface area contributed by atoms with Gasteiger partial charge < -0.3 is 10.6 Å². The second-order valence-corrected chi connectivity index (χ2v) is 7.90. The largest absolute Gasteiger partial charge is 0.323 e. The van der Waals surface area contributed by atoms with Gasteiger partial charge in [-0.2, -0.15) is 16.4 Å². The molecule has 0 saturated heterocycles. The highest BCUT2D eigenvalue weighted by Crippen LogP contribution is 2.26. The molecule has 0 saturated carbocycles. The number of nitrogens with one attached hydrogen (secondary N) is 3. The molecule has 9 heteroatoms. The first-order valence-corrected chi connectivity index (χ1v) is 10.2. The average molecular weight is 445 g/mol. The quantitative estimate of drug-likeness (QED) is 0.386. The number of hydrogen-bond acceptors (Lipinski definition) is 4. The van der Waals surface area contributed by atoms with Gasteiger partial charge in [0.1, 0.15) is 0 Å². The van der Waals surface area contributed by atoms with Crippen molar-refractivity contribution in [1.29, 1.82) is 0 Å². The Kier molecular flexibility index (Phi) is 5.53. The van der Waals surface area contributed by atoms with Crippen molar-refractivity contribution < 1.29 is 4.79 Å². The summed E-state index contributed by atoms with van der Waals surface area (Å²) >= 11 is 13.5. The number of carbonyl (C=O) groups excluding carboxylic acids is 1. The number of aromatic nitrogens is 2. The first-order chi connectivity index (χ1) is 14.0. The van der Waals surface area contributed by atoms with E-state index in [1.165, 1.54) is 6.07 Å². The minimum atomic E-state index is -0.488. The van der Waals surface area contributed by atoms with Gasteiger partial charge in [-0.3, -0.25) is 4.79 Å². The summed E-state index contributed by atoms with van der Waals surface area (Å²) in [7, 11) is 0. The van der Waals surface area contributed by atoms with Crippen LogP contribution in [0.3, 0.4) is 0 Å². The molecule has 0 aliphatic rings. The lowest BCUT2D eigenvalue weighted by Crippen LogP contribution is -2.20. The van der Waals surface area contributed by atoms with E-state index in [2.05, 4.69) is 20.8 Å². The fourth-order valence-corrected chi connectivity index (χ4v) is 4.02. The first-order valence-electron chi connectivity index (χ1n) is 8.55. The lowest BCUT2D eigenvalue weighted by atomic mass is 10.1. The number of aromatic amines is 1. The number of anilines is 2. The van der Waals surface area contributed by atoms with Crippen LogP contribution in [0.25, 0.3) is 10.8 Å². The van der Waals surface area contributed by atoms with Crippen LogP contribution in [0, 0.1) is 0 Å². The van der Waals surface area contributed by atoms with Crippen molar-refractivity contribution in [2.75, 3.05) is 10.6 Å². The van der Waals surface area contributed by atoms with Gasteiger partial charge in [0, 0.05) is 22.5 Å². The zero-order valence-corrected chi connectivity index (χ0v) is 17.2. The van der Waals surface area contributed by atoms with Gasteiger partial charge in [0.05, 0.1) is 21.8 Å². The van der Waals surface area contributed by atoms with Crippen molar-refractivity contribution in [2.45, 2.75) is 6.42 Å². The van der Waals surface area contributed by atoms with Crippen LogP contribution in [0.15, 0.2) is 58.0 Å². The van der Waals surface area contributed by atoms with Gasteiger partial charge in [-0.05, 0) is 52.7 Å². The molecule has 146 valence electrons. The number of hydrogen-bond donors (Lipinski definition) is 3.